The highest BCUT2D eigenvalue weighted by atomic mass is 16.5. The van der Waals surface area contributed by atoms with E-state index in [4.69, 9.17) is 9.47 Å². The molecular formula is C17H16O4. The minimum Gasteiger partial charge on any atom is -0.494 e. The van der Waals surface area contributed by atoms with E-state index < -0.39 is 5.97 Å². The van der Waals surface area contributed by atoms with Gasteiger partial charge in [0.2, 0.25) is 0 Å². The van der Waals surface area contributed by atoms with Gasteiger partial charge in [0.15, 0.2) is 5.78 Å². The van der Waals surface area contributed by atoms with Gasteiger partial charge in [-0.25, -0.2) is 4.79 Å². The van der Waals surface area contributed by atoms with Crippen molar-refractivity contribution in [2.45, 2.75) is 13.8 Å². The summed E-state index contributed by atoms with van der Waals surface area (Å²) >= 11 is 0. The normalized spacial score (nSPS) is 10.0. The summed E-state index contributed by atoms with van der Waals surface area (Å²) in [4.78, 5) is 23.7. The quantitative estimate of drug-likeness (QED) is 0.479. The molecule has 0 atom stereocenters. The van der Waals surface area contributed by atoms with Crippen LogP contribution in [0.5, 0.6) is 11.5 Å². The fourth-order valence-electron chi connectivity index (χ4n) is 1.88. The van der Waals surface area contributed by atoms with Crippen LogP contribution in [0.15, 0.2) is 48.5 Å². The van der Waals surface area contributed by atoms with Crippen molar-refractivity contribution in [3.05, 3.63) is 59.7 Å². The molecule has 0 amide bonds. The average molecular weight is 284 g/mol. The third-order valence-electron chi connectivity index (χ3n) is 2.85. The molecular weight excluding hydrogens is 268 g/mol. The number of para-hydroxylation sites is 1. The Labute approximate surface area is 123 Å². The van der Waals surface area contributed by atoms with Crippen molar-refractivity contribution in [3.63, 3.8) is 0 Å². The molecule has 0 aromatic heterocycles. The molecule has 0 spiro atoms. The maximum atomic E-state index is 12.2. The minimum absolute atomic E-state index is 0.151. The zero-order chi connectivity index (χ0) is 15.2. The van der Waals surface area contributed by atoms with Crippen molar-refractivity contribution in [2.75, 3.05) is 6.61 Å². The van der Waals surface area contributed by atoms with Gasteiger partial charge < -0.3 is 9.47 Å². The molecule has 0 aliphatic carbocycles. The van der Waals surface area contributed by atoms with E-state index in [0.717, 1.165) is 0 Å². The highest BCUT2D eigenvalue weighted by molar-refractivity contribution is 5.99. The molecule has 0 saturated heterocycles. The third kappa shape index (κ3) is 3.69. The summed E-state index contributed by atoms with van der Waals surface area (Å²) in [5, 5.41) is 0. The summed E-state index contributed by atoms with van der Waals surface area (Å²) < 4.78 is 10.7. The molecule has 0 radical (unpaired) electrons. The number of hydrogen-bond donors (Lipinski definition) is 0. The molecule has 2 aromatic carbocycles. The lowest BCUT2D eigenvalue weighted by Crippen LogP contribution is -2.11. The first-order chi connectivity index (χ1) is 10.1. The Hall–Kier alpha value is -2.62. The van der Waals surface area contributed by atoms with Gasteiger partial charge in [-0.2, -0.15) is 0 Å². The van der Waals surface area contributed by atoms with Crippen molar-refractivity contribution in [2.24, 2.45) is 0 Å². The largest absolute Gasteiger partial charge is 0.494 e. The monoisotopic (exact) mass is 284 g/mol. The molecule has 0 unspecified atom stereocenters. The lowest BCUT2D eigenvalue weighted by molar-refractivity contribution is 0.0732. The van der Waals surface area contributed by atoms with E-state index in [2.05, 4.69) is 0 Å². The van der Waals surface area contributed by atoms with E-state index in [1.807, 2.05) is 6.92 Å². The zero-order valence-corrected chi connectivity index (χ0v) is 12.0. The number of hydrogen-bond acceptors (Lipinski definition) is 4. The molecule has 4 heteroatoms. The van der Waals surface area contributed by atoms with Crippen LogP contribution >= 0.6 is 0 Å². The molecule has 2 aromatic rings. The molecule has 0 saturated carbocycles. The lowest BCUT2D eigenvalue weighted by atomic mass is 10.1. The molecule has 0 fully saturated rings. The van der Waals surface area contributed by atoms with E-state index in [1.54, 1.807) is 48.5 Å². The molecule has 0 aliphatic heterocycles. The number of carbonyl (C=O) groups excluding carboxylic acids is 2. The highest BCUT2D eigenvalue weighted by Gasteiger charge is 2.14. The van der Waals surface area contributed by atoms with E-state index in [0.29, 0.717) is 23.5 Å². The van der Waals surface area contributed by atoms with Crippen LogP contribution in [0.25, 0.3) is 0 Å². The Morgan fingerprint density at radius 3 is 2.52 bits per heavy atom. The van der Waals surface area contributed by atoms with Crippen LogP contribution in [0, 0.1) is 0 Å². The Kier molecular flexibility index (Phi) is 4.72. The molecule has 21 heavy (non-hydrogen) atoms. The van der Waals surface area contributed by atoms with E-state index >= 15 is 0 Å². The van der Waals surface area contributed by atoms with Crippen molar-refractivity contribution in [3.8, 4) is 11.5 Å². The zero-order valence-electron chi connectivity index (χ0n) is 12.0. The van der Waals surface area contributed by atoms with Crippen molar-refractivity contribution in [1.29, 1.82) is 0 Å². The van der Waals surface area contributed by atoms with E-state index in [1.165, 1.54) is 6.92 Å². The van der Waals surface area contributed by atoms with Crippen molar-refractivity contribution >= 4 is 11.8 Å². The standard InChI is InChI=1S/C17H16O4/c1-3-20-14-8-6-7-13(11-14)17(19)21-16-10-5-4-9-15(16)12(2)18/h4-11H,3H2,1-2H3. The van der Waals surface area contributed by atoms with Crippen LogP contribution in [0.1, 0.15) is 34.6 Å². The van der Waals surface area contributed by atoms with Crippen LogP contribution in [0.4, 0.5) is 0 Å². The van der Waals surface area contributed by atoms with Crippen LogP contribution in [0.3, 0.4) is 0 Å². The topological polar surface area (TPSA) is 52.6 Å². The molecule has 0 N–H and O–H groups in total. The Morgan fingerprint density at radius 2 is 1.81 bits per heavy atom. The number of esters is 1. The summed E-state index contributed by atoms with van der Waals surface area (Å²) in [6, 6.07) is 13.4. The van der Waals surface area contributed by atoms with Gasteiger partial charge >= 0.3 is 5.97 Å². The first kappa shape index (κ1) is 14.8. The molecule has 0 aliphatic rings. The number of ketones is 1. The summed E-state index contributed by atoms with van der Waals surface area (Å²) in [5.41, 5.74) is 0.756. The lowest BCUT2D eigenvalue weighted by Gasteiger charge is -2.09. The van der Waals surface area contributed by atoms with E-state index in [9.17, 15) is 9.59 Å². The van der Waals surface area contributed by atoms with Crippen molar-refractivity contribution < 1.29 is 19.1 Å². The molecule has 2 rings (SSSR count). The first-order valence-corrected chi connectivity index (χ1v) is 6.67. The second kappa shape index (κ2) is 6.70. The number of rotatable bonds is 5. The average Bonchev–Trinajstić information content (AvgIpc) is 2.48. The number of carbonyl (C=O) groups is 2. The Bertz CT molecular complexity index is 661. The Balaban J connectivity index is 2.22. The number of benzene rings is 2. The summed E-state index contributed by atoms with van der Waals surface area (Å²) in [6.45, 7) is 3.82. The van der Waals surface area contributed by atoms with Crippen molar-refractivity contribution in [1.82, 2.24) is 0 Å². The van der Waals surface area contributed by atoms with Gasteiger partial charge in [0.25, 0.3) is 0 Å². The predicted octanol–water partition coefficient (Wildman–Crippen LogP) is 3.51. The fourth-order valence-corrected chi connectivity index (χ4v) is 1.88. The van der Waals surface area contributed by atoms with Gasteiger partial charge in [0.1, 0.15) is 11.5 Å². The van der Waals surface area contributed by atoms with Crippen LogP contribution < -0.4 is 9.47 Å². The van der Waals surface area contributed by atoms with Gasteiger partial charge in [-0.3, -0.25) is 4.79 Å². The van der Waals surface area contributed by atoms with Gasteiger partial charge in [0.05, 0.1) is 17.7 Å². The highest BCUT2D eigenvalue weighted by Crippen LogP contribution is 2.21. The third-order valence-corrected chi connectivity index (χ3v) is 2.85. The van der Waals surface area contributed by atoms with Crippen LogP contribution in [-0.2, 0) is 0 Å². The molecule has 0 heterocycles. The number of ether oxygens (including phenoxy) is 2. The van der Waals surface area contributed by atoms with Crippen LogP contribution in [-0.4, -0.2) is 18.4 Å². The van der Waals surface area contributed by atoms with Gasteiger partial charge in [0, 0.05) is 0 Å². The smallest absolute Gasteiger partial charge is 0.343 e. The molecule has 0 bridgehead atoms. The number of Topliss-reactive ketones (excluding diaryl/α,β-unsaturated/α-hetero) is 1. The SMILES string of the molecule is CCOc1cccc(C(=O)Oc2ccccc2C(C)=O)c1. The minimum atomic E-state index is -0.523. The van der Waals surface area contributed by atoms with Gasteiger partial charge in [-0.15, -0.1) is 0 Å². The summed E-state index contributed by atoms with van der Waals surface area (Å²) in [5.74, 6) is 0.190. The molecule has 108 valence electrons. The second-order valence-corrected chi connectivity index (χ2v) is 4.40. The van der Waals surface area contributed by atoms with Gasteiger partial charge in [-0.1, -0.05) is 18.2 Å². The predicted molar refractivity (Wildman–Crippen MR) is 79.0 cm³/mol. The second-order valence-electron chi connectivity index (χ2n) is 4.40. The molecule has 4 nitrogen and oxygen atoms in total. The Morgan fingerprint density at radius 1 is 1.05 bits per heavy atom. The summed E-state index contributed by atoms with van der Waals surface area (Å²) in [6.07, 6.45) is 0. The fraction of sp³-hybridized carbons (Fsp3) is 0.176. The first-order valence-electron chi connectivity index (χ1n) is 6.67. The maximum absolute atomic E-state index is 12.2. The van der Waals surface area contributed by atoms with Crippen LogP contribution in [0.2, 0.25) is 0 Å². The van der Waals surface area contributed by atoms with E-state index in [-0.39, 0.29) is 11.5 Å². The summed E-state index contributed by atoms with van der Waals surface area (Å²) in [7, 11) is 0. The maximum Gasteiger partial charge on any atom is 0.343 e. The van der Waals surface area contributed by atoms with Gasteiger partial charge in [-0.05, 0) is 44.2 Å².